The normalized spacial score (nSPS) is 15.4. The Hall–Kier alpha value is -4.22. The van der Waals surface area contributed by atoms with E-state index in [0.29, 0.717) is 11.3 Å². The third-order valence-electron chi connectivity index (χ3n) is 4.64. The number of rotatable bonds is 3. The van der Waals surface area contributed by atoms with Crippen molar-refractivity contribution < 1.29 is 18.1 Å². The minimum absolute atomic E-state index is 0.0262. The standard InChI is InChI=1S/C20H15F3N6O3/c1-11-8-16(30)28-17(12-4-2-7-15(9-12)29(31)32)26-18(27-19(28)24-11)25-14-6-3-5-13(10-14)20(21,22)23/h2-10,17H,1H3,(H2,24,25,26,27). The number of fused-ring (bicyclic) bond motifs is 1. The number of anilines is 2. The van der Waals surface area contributed by atoms with Crippen molar-refractivity contribution in [2.45, 2.75) is 19.3 Å². The molecule has 32 heavy (non-hydrogen) atoms. The number of aliphatic imine (C=N–C) groups is 1. The van der Waals surface area contributed by atoms with Crippen molar-refractivity contribution in [2.75, 3.05) is 10.6 Å². The minimum Gasteiger partial charge on any atom is -0.326 e. The molecular formula is C20H15F3N6O3. The molecule has 0 bridgehead atoms. The topological polar surface area (TPSA) is 114 Å². The first-order valence-electron chi connectivity index (χ1n) is 9.25. The Labute approximate surface area is 178 Å². The zero-order chi connectivity index (χ0) is 23.0. The third kappa shape index (κ3) is 4.15. The van der Waals surface area contributed by atoms with E-state index in [-0.39, 0.29) is 23.3 Å². The van der Waals surface area contributed by atoms with Crippen molar-refractivity contribution in [3.63, 3.8) is 0 Å². The molecule has 4 rings (SSSR count). The Morgan fingerprint density at radius 1 is 1.16 bits per heavy atom. The molecule has 0 spiro atoms. The van der Waals surface area contributed by atoms with Gasteiger partial charge >= 0.3 is 6.18 Å². The van der Waals surface area contributed by atoms with Crippen LogP contribution in [-0.2, 0) is 6.18 Å². The van der Waals surface area contributed by atoms with Crippen LogP contribution in [0.1, 0.15) is 23.0 Å². The largest absolute Gasteiger partial charge is 0.416 e. The summed E-state index contributed by atoms with van der Waals surface area (Å²) in [4.78, 5) is 31.9. The fourth-order valence-electron chi connectivity index (χ4n) is 3.24. The first kappa shape index (κ1) is 21.0. The zero-order valence-corrected chi connectivity index (χ0v) is 16.4. The molecule has 3 aromatic rings. The van der Waals surface area contributed by atoms with E-state index in [9.17, 15) is 28.1 Å². The molecule has 2 heterocycles. The van der Waals surface area contributed by atoms with Gasteiger partial charge in [0.2, 0.25) is 11.9 Å². The first-order valence-corrected chi connectivity index (χ1v) is 9.25. The lowest BCUT2D eigenvalue weighted by molar-refractivity contribution is -0.384. The smallest absolute Gasteiger partial charge is 0.326 e. The summed E-state index contributed by atoms with van der Waals surface area (Å²) in [7, 11) is 0. The van der Waals surface area contributed by atoms with Gasteiger partial charge in [0, 0.05) is 35.1 Å². The average Bonchev–Trinajstić information content (AvgIpc) is 2.72. The van der Waals surface area contributed by atoms with Crippen LogP contribution in [0, 0.1) is 17.0 Å². The van der Waals surface area contributed by atoms with Gasteiger partial charge < -0.3 is 5.32 Å². The van der Waals surface area contributed by atoms with Crippen LogP contribution in [0.25, 0.3) is 0 Å². The molecule has 1 unspecified atom stereocenters. The molecule has 2 N–H and O–H groups in total. The summed E-state index contributed by atoms with van der Waals surface area (Å²) in [5.74, 6) is 0.120. The van der Waals surface area contributed by atoms with Crippen molar-refractivity contribution >= 4 is 23.3 Å². The van der Waals surface area contributed by atoms with Crippen LogP contribution < -0.4 is 16.2 Å². The molecule has 12 heteroatoms. The number of nitrogens with zero attached hydrogens (tertiary/aromatic N) is 4. The van der Waals surface area contributed by atoms with E-state index in [0.717, 1.165) is 12.1 Å². The van der Waals surface area contributed by atoms with Gasteiger partial charge in [-0.05, 0) is 25.1 Å². The molecule has 0 saturated heterocycles. The van der Waals surface area contributed by atoms with Crippen molar-refractivity contribution in [1.29, 1.82) is 0 Å². The van der Waals surface area contributed by atoms with Gasteiger partial charge in [0.15, 0.2) is 6.17 Å². The monoisotopic (exact) mass is 444 g/mol. The van der Waals surface area contributed by atoms with Gasteiger partial charge in [0.05, 0.1) is 10.5 Å². The van der Waals surface area contributed by atoms with Crippen LogP contribution in [-0.4, -0.2) is 20.4 Å². The highest BCUT2D eigenvalue weighted by atomic mass is 19.4. The van der Waals surface area contributed by atoms with Crippen LogP contribution in [0.2, 0.25) is 0 Å². The second-order valence-corrected chi connectivity index (χ2v) is 6.96. The van der Waals surface area contributed by atoms with E-state index >= 15 is 0 Å². The Morgan fingerprint density at radius 3 is 2.62 bits per heavy atom. The molecule has 1 aliphatic heterocycles. The number of guanidine groups is 1. The summed E-state index contributed by atoms with van der Waals surface area (Å²) in [6.45, 7) is 1.61. The van der Waals surface area contributed by atoms with Gasteiger partial charge in [0.1, 0.15) is 0 Å². The van der Waals surface area contributed by atoms with Crippen molar-refractivity contribution in [2.24, 2.45) is 4.99 Å². The lowest BCUT2D eigenvalue weighted by atomic mass is 10.1. The first-order chi connectivity index (χ1) is 15.1. The molecule has 1 aliphatic rings. The van der Waals surface area contributed by atoms with Gasteiger partial charge in [-0.15, -0.1) is 0 Å². The number of alkyl halides is 3. The molecule has 0 aliphatic carbocycles. The number of nitrogens with one attached hydrogen (secondary N) is 2. The number of non-ortho nitro benzene ring substituents is 1. The second-order valence-electron chi connectivity index (χ2n) is 6.96. The van der Waals surface area contributed by atoms with E-state index in [1.807, 2.05) is 0 Å². The zero-order valence-electron chi connectivity index (χ0n) is 16.4. The van der Waals surface area contributed by atoms with E-state index in [1.54, 1.807) is 13.0 Å². The SMILES string of the molecule is Cc1cc(=O)n2c(n1)NC(Nc1cccc(C(F)(F)F)c1)=NC2c1cccc([N+](=O)[O-])c1. The fraction of sp³-hybridized carbons (Fsp3) is 0.150. The van der Waals surface area contributed by atoms with Crippen LogP contribution in [0.3, 0.4) is 0 Å². The lowest BCUT2D eigenvalue weighted by Crippen LogP contribution is -2.37. The molecule has 1 atom stereocenters. The van der Waals surface area contributed by atoms with Gasteiger partial charge in [-0.2, -0.15) is 13.2 Å². The van der Waals surface area contributed by atoms with E-state index < -0.39 is 28.4 Å². The number of aromatic nitrogens is 2. The molecule has 1 aromatic heterocycles. The maximum Gasteiger partial charge on any atom is 0.416 e. The third-order valence-corrected chi connectivity index (χ3v) is 4.64. The highest BCUT2D eigenvalue weighted by Gasteiger charge is 2.31. The van der Waals surface area contributed by atoms with Crippen molar-refractivity contribution in [3.05, 3.63) is 91.9 Å². The molecule has 2 aromatic carbocycles. The maximum atomic E-state index is 13.0. The number of nitro benzene ring substituents is 1. The van der Waals surface area contributed by atoms with Crippen LogP contribution in [0.4, 0.5) is 30.5 Å². The molecule has 9 nitrogen and oxygen atoms in total. The van der Waals surface area contributed by atoms with E-state index in [1.165, 1.54) is 41.0 Å². The predicted octanol–water partition coefficient (Wildman–Crippen LogP) is 3.92. The summed E-state index contributed by atoms with van der Waals surface area (Å²) < 4.78 is 40.3. The number of nitro groups is 1. The molecule has 0 fully saturated rings. The summed E-state index contributed by atoms with van der Waals surface area (Å²) in [6, 6.07) is 11.4. The summed E-state index contributed by atoms with van der Waals surface area (Å²) in [5, 5.41) is 16.7. The number of halogens is 3. The summed E-state index contributed by atoms with van der Waals surface area (Å²) in [5.41, 5.74) is -0.645. The molecule has 0 amide bonds. The van der Waals surface area contributed by atoms with Gasteiger partial charge in [-0.25, -0.2) is 9.98 Å². The highest BCUT2D eigenvalue weighted by molar-refractivity contribution is 6.03. The number of hydrogen-bond donors (Lipinski definition) is 2. The quantitative estimate of drug-likeness (QED) is 0.468. The van der Waals surface area contributed by atoms with Crippen molar-refractivity contribution in [1.82, 2.24) is 9.55 Å². The van der Waals surface area contributed by atoms with Crippen LogP contribution in [0.5, 0.6) is 0 Å². The number of hydrogen-bond acceptors (Lipinski definition) is 7. The lowest BCUT2D eigenvalue weighted by Gasteiger charge is -2.27. The van der Waals surface area contributed by atoms with Gasteiger partial charge in [0.25, 0.3) is 11.2 Å². The predicted molar refractivity (Wildman–Crippen MR) is 111 cm³/mol. The average molecular weight is 444 g/mol. The Bertz CT molecular complexity index is 1300. The summed E-state index contributed by atoms with van der Waals surface area (Å²) >= 11 is 0. The Morgan fingerprint density at radius 2 is 1.91 bits per heavy atom. The highest BCUT2D eigenvalue weighted by Crippen LogP contribution is 2.31. The van der Waals surface area contributed by atoms with Crippen LogP contribution >= 0.6 is 0 Å². The number of aryl methyl sites for hydroxylation is 1. The maximum absolute atomic E-state index is 13.0. The molecule has 164 valence electrons. The van der Waals surface area contributed by atoms with E-state index in [2.05, 4.69) is 20.6 Å². The molecule has 0 radical (unpaired) electrons. The van der Waals surface area contributed by atoms with E-state index in [4.69, 9.17) is 0 Å². The second kappa shape index (κ2) is 7.80. The van der Waals surface area contributed by atoms with Crippen molar-refractivity contribution in [3.8, 4) is 0 Å². The van der Waals surface area contributed by atoms with Crippen LogP contribution in [0.15, 0.2) is 64.4 Å². The molecular weight excluding hydrogens is 429 g/mol. The van der Waals surface area contributed by atoms with Gasteiger partial charge in [-0.3, -0.25) is 24.8 Å². The Balaban J connectivity index is 1.79. The minimum atomic E-state index is -4.52. The van der Waals surface area contributed by atoms with Gasteiger partial charge in [-0.1, -0.05) is 18.2 Å². The number of benzene rings is 2. The fourth-order valence-corrected chi connectivity index (χ4v) is 3.24. The molecule has 0 saturated carbocycles. The summed E-state index contributed by atoms with van der Waals surface area (Å²) in [6.07, 6.45) is -5.55. The Kier molecular flexibility index (Phi) is 5.12.